The lowest BCUT2D eigenvalue weighted by atomic mass is 10.2. The Balaban J connectivity index is 3.15. The van der Waals surface area contributed by atoms with E-state index in [1.54, 1.807) is 0 Å². The number of carbonyl (C=O) groups excluding carboxylic acids is 3. The van der Waals surface area contributed by atoms with Gasteiger partial charge in [-0.1, -0.05) is 0 Å². The zero-order valence-electron chi connectivity index (χ0n) is 10.2. The van der Waals surface area contributed by atoms with E-state index in [0.29, 0.717) is 0 Å². The van der Waals surface area contributed by atoms with E-state index >= 15 is 0 Å². The van der Waals surface area contributed by atoms with Crippen molar-refractivity contribution in [2.24, 2.45) is 0 Å². The molecule has 0 unspecified atom stereocenters. The van der Waals surface area contributed by atoms with E-state index in [9.17, 15) is 14.4 Å². The second-order valence-electron chi connectivity index (χ2n) is 3.34. The van der Waals surface area contributed by atoms with Gasteiger partial charge in [0.15, 0.2) is 0 Å². The number of methoxy groups -OCH3 is 1. The maximum atomic E-state index is 11.5. The molecule has 0 fully saturated rings. The van der Waals surface area contributed by atoms with Crippen molar-refractivity contribution >= 4 is 17.9 Å². The molecular weight excluding hydrogens is 240 g/mol. The first-order chi connectivity index (χ1) is 8.43. The minimum atomic E-state index is -0.694. The molecular formula is C12H12O6. The van der Waals surface area contributed by atoms with E-state index in [-0.39, 0.29) is 17.1 Å². The lowest BCUT2D eigenvalue weighted by Gasteiger charge is -2.09. The normalized spacial score (nSPS) is 9.50. The molecule has 0 saturated heterocycles. The second kappa shape index (κ2) is 5.81. The first kappa shape index (κ1) is 13.7. The highest BCUT2D eigenvalue weighted by molar-refractivity contribution is 5.94. The van der Waals surface area contributed by atoms with Crippen LogP contribution in [0.5, 0.6) is 11.5 Å². The quantitative estimate of drug-likeness (QED) is 0.596. The molecule has 0 aliphatic carbocycles. The lowest BCUT2D eigenvalue weighted by molar-refractivity contribution is -0.133. The molecule has 0 aliphatic rings. The van der Waals surface area contributed by atoms with Crippen molar-refractivity contribution in [2.75, 3.05) is 7.11 Å². The van der Waals surface area contributed by atoms with E-state index in [2.05, 4.69) is 4.74 Å². The second-order valence-corrected chi connectivity index (χ2v) is 3.34. The van der Waals surface area contributed by atoms with Gasteiger partial charge in [-0.05, 0) is 18.2 Å². The molecule has 18 heavy (non-hydrogen) atoms. The summed E-state index contributed by atoms with van der Waals surface area (Å²) >= 11 is 0. The molecule has 0 aliphatic heterocycles. The Bertz CT molecular complexity index is 491. The van der Waals surface area contributed by atoms with Gasteiger partial charge in [0.05, 0.1) is 7.11 Å². The third-order valence-corrected chi connectivity index (χ3v) is 1.87. The number of benzene rings is 1. The molecule has 1 aromatic carbocycles. The zero-order chi connectivity index (χ0) is 13.7. The maximum Gasteiger partial charge on any atom is 0.341 e. The van der Waals surface area contributed by atoms with Gasteiger partial charge < -0.3 is 14.2 Å². The summed E-state index contributed by atoms with van der Waals surface area (Å²) < 4.78 is 14.2. The largest absolute Gasteiger partial charge is 0.465 e. The van der Waals surface area contributed by atoms with E-state index in [1.807, 2.05) is 0 Å². The Kier molecular flexibility index (Phi) is 4.42. The molecule has 1 aromatic rings. The van der Waals surface area contributed by atoms with Crippen LogP contribution in [-0.4, -0.2) is 25.0 Å². The van der Waals surface area contributed by atoms with Gasteiger partial charge in [-0.3, -0.25) is 9.59 Å². The van der Waals surface area contributed by atoms with Crippen molar-refractivity contribution in [3.8, 4) is 11.5 Å². The first-order valence-corrected chi connectivity index (χ1v) is 5.03. The molecule has 0 amide bonds. The molecule has 6 nitrogen and oxygen atoms in total. The summed E-state index contributed by atoms with van der Waals surface area (Å²) in [4.78, 5) is 33.2. The van der Waals surface area contributed by atoms with Crippen LogP contribution >= 0.6 is 0 Å². The van der Waals surface area contributed by atoms with Gasteiger partial charge in [0.25, 0.3) is 0 Å². The van der Waals surface area contributed by atoms with Crippen molar-refractivity contribution in [3.63, 3.8) is 0 Å². The summed E-state index contributed by atoms with van der Waals surface area (Å²) in [5.74, 6) is -1.57. The minimum Gasteiger partial charge on any atom is -0.465 e. The standard InChI is InChI=1S/C12H12O6/c1-7(13)17-9-4-5-11(18-8(2)14)10(6-9)12(15)16-3/h4-6H,1-3H3. The number of esters is 3. The first-order valence-electron chi connectivity index (χ1n) is 5.03. The fraction of sp³-hybridized carbons (Fsp3) is 0.250. The highest BCUT2D eigenvalue weighted by Gasteiger charge is 2.16. The third-order valence-electron chi connectivity index (χ3n) is 1.87. The summed E-state index contributed by atoms with van der Waals surface area (Å²) in [5, 5.41) is 0. The monoisotopic (exact) mass is 252 g/mol. The van der Waals surface area contributed by atoms with Crippen molar-refractivity contribution in [2.45, 2.75) is 13.8 Å². The SMILES string of the molecule is COC(=O)c1cc(OC(C)=O)ccc1OC(C)=O. The Morgan fingerprint density at radius 2 is 1.61 bits per heavy atom. The predicted octanol–water partition coefficient (Wildman–Crippen LogP) is 1.32. The van der Waals surface area contributed by atoms with Crippen LogP contribution in [0.3, 0.4) is 0 Å². The molecule has 96 valence electrons. The molecule has 0 N–H and O–H groups in total. The van der Waals surface area contributed by atoms with E-state index < -0.39 is 17.9 Å². The summed E-state index contributed by atoms with van der Waals surface area (Å²) in [5.41, 5.74) is 0.00597. The average Bonchev–Trinajstić information content (AvgIpc) is 2.28. The molecule has 0 spiro atoms. The number of ether oxygens (including phenoxy) is 3. The highest BCUT2D eigenvalue weighted by Crippen LogP contribution is 2.25. The zero-order valence-corrected chi connectivity index (χ0v) is 10.2. The van der Waals surface area contributed by atoms with E-state index in [1.165, 1.54) is 39.2 Å². The topological polar surface area (TPSA) is 78.9 Å². The van der Waals surface area contributed by atoms with Crippen LogP contribution in [0.25, 0.3) is 0 Å². The number of rotatable bonds is 3. The van der Waals surface area contributed by atoms with Crippen LogP contribution in [0.1, 0.15) is 24.2 Å². The van der Waals surface area contributed by atoms with E-state index in [0.717, 1.165) is 0 Å². The molecule has 6 heteroatoms. The Labute approximate surface area is 103 Å². The van der Waals surface area contributed by atoms with Gasteiger partial charge in [-0.25, -0.2) is 4.79 Å². The number of hydrogen-bond acceptors (Lipinski definition) is 6. The smallest absolute Gasteiger partial charge is 0.341 e. The summed E-state index contributed by atoms with van der Waals surface area (Å²) in [6, 6.07) is 4.03. The van der Waals surface area contributed by atoms with Crippen LogP contribution in [0.2, 0.25) is 0 Å². The van der Waals surface area contributed by atoms with Crippen molar-refractivity contribution in [1.82, 2.24) is 0 Å². The van der Waals surface area contributed by atoms with Crippen LogP contribution in [0, 0.1) is 0 Å². The van der Waals surface area contributed by atoms with Gasteiger partial charge >= 0.3 is 17.9 Å². The van der Waals surface area contributed by atoms with Gasteiger partial charge in [-0.2, -0.15) is 0 Å². The average molecular weight is 252 g/mol. The van der Waals surface area contributed by atoms with Gasteiger partial charge in [0, 0.05) is 13.8 Å². The van der Waals surface area contributed by atoms with Crippen LogP contribution < -0.4 is 9.47 Å². The van der Waals surface area contributed by atoms with Gasteiger partial charge in [-0.15, -0.1) is 0 Å². The van der Waals surface area contributed by atoms with E-state index in [4.69, 9.17) is 9.47 Å². The molecule has 0 radical (unpaired) electrons. The number of carbonyl (C=O) groups is 3. The van der Waals surface area contributed by atoms with Crippen LogP contribution in [-0.2, 0) is 14.3 Å². The molecule has 0 heterocycles. The fourth-order valence-electron chi connectivity index (χ4n) is 1.25. The summed E-state index contributed by atoms with van der Waals surface area (Å²) in [7, 11) is 1.19. The van der Waals surface area contributed by atoms with Crippen LogP contribution in [0.15, 0.2) is 18.2 Å². The fourth-order valence-corrected chi connectivity index (χ4v) is 1.25. The highest BCUT2D eigenvalue weighted by atomic mass is 16.5. The van der Waals surface area contributed by atoms with Crippen molar-refractivity contribution in [3.05, 3.63) is 23.8 Å². The van der Waals surface area contributed by atoms with Gasteiger partial charge in [0.1, 0.15) is 17.1 Å². The Morgan fingerprint density at radius 1 is 1.00 bits per heavy atom. The summed E-state index contributed by atoms with van der Waals surface area (Å²) in [6.45, 7) is 2.44. The molecule has 0 bridgehead atoms. The predicted molar refractivity (Wildman–Crippen MR) is 60.4 cm³/mol. The Hall–Kier alpha value is -2.37. The summed E-state index contributed by atoms with van der Waals surface area (Å²) in [6.07, 6.45) is 0. The lowest BCUT2D eigenvalue weighted by Crippen LogP contribution is -2.10. The molecule has 0 saturated carbocycles. The maximum absolute atomic E-state index is 11.5. The van der Waals surface area contributed by atoms with Crippen molar-refractivity contribution in [1.29, 1.82) is 0 Å². The molecule has 0 aromatic heterocycles. The Morgan fingerprint density at radius 3 is 2.11 bits per heavy atom. The minimum absolute atomic E-state index is 0.00597. The van der Waals surface area contributed by atoms with Crippen molar-refractivity contribution < 1.29 is 28.6 Å². The third kappa shape index (κ3) is 3.58. The molecule has 0 atom stereocenters. The van der Waals surface area contributed by atoms with Crippen LogP contribution in [0.4, 0.5) is 0 Å². The van der Waals surface area contributed by atoms with Gasteiger partial charge in [0.2, 0.25) is 0 Å². The number of hydrogen-bond donors (Lipinski definition) is 0. The molecule has 1 rings (SSSR count).